The fourth-order valence-electron chi connectivity index (χ4n) is 5.98. The van der Waals surface area contributed by atoms with Crippen LogP contribution in [0.4, 0.5) is 0 Å². The number of unbranched alkanes of at least 4 members (excludes halogenated alkanes) is 23. The lowest BCUT2D eigenvalue weighted by Gasteiger charge is -2.22. The lowest BCUT2D eigenvalue weighted by Crippen LogP contribution is -2.37. The van der Waals surface area contributed by atoms with Gasteiger partial charge in [0.2, 0.25) is 0 Å². The van der Waals surface area contributed by atoms with Gasteiger partial charge >= 0.3 is 11.9 Å². The summed E-state index contributed by atoms with van der Waals surface area (Å²) in [4.78, 5) is 24.3. The van der Waals surface area contributed by atoms with Crippen molar-refractivity contribution in [1.29, 1.82) is 0 Å². The van der Waals surface area contributed by atoms with E-state index in [1.807, 2.05) is 0 Å². The minimum absolute atomic E-state index is 0.108. The zero-order chi connectivity index (χ0) is 34.4. The molecular formula is C40H82N2O4. The number of hydrogen-bond acceptors (Lipinski definition) is 4. The van der Waals surface area contributed by atoms with Crippen molar-refractivity contribution in [3.8, 4) is 0 Å². The maximum absolute atomic E-state index is 11.1. The number of aliphatic carboxylic acids is 2. The summed E-state index contributed by atoms with van der Waals surface area (Å²) >= 11 is 0. The minimum Gasteiger partial charge on any atom is -0.481 e. The number of rotatable bonds is 36. The van der Waals surface area contributed by atoms with Crippen LogP contribution in [-0.2, 0) is 9.59 Å². The molecule has 1 atom stereocenters. The van der Waals surface area contributed by atoms with Crippen molar-refractivity contribution in [3.05, 3.63) is 0 Å². The average Bonchev–Trinajstić information content (AvgIpc) is 3.04. The summed E-state index contributed by atoms with van der Waals surface area (Å²) in [5.74, 6) is -1.91. The van der Waals surface area contributed by atoms with Gasteiger partial charge in [0.25, 0.3) is 0 Å². The maximum Gasteiger partial charge on any atom is 0.320 e. The Labute approximate surface area is 287 Å². The highest BCUT2D eigenvalue weighted by molar-refractivity contribution is 5.75. The highest BCUT2D eigenvalue weighted by Gasteiger charge is 2.17. The first-order valence-electron chi connectivity index (χ1n) is 20.3. The molecule has 0 saturated carbocycles. The van der Waals surface area contributed by atoms with Gasteiger partial charge in [0, 0.05) is 6.42 Å². The first-order chi connectivity index (χ1) is 22.4. The second-order valence-electron chi connectivity index (χ2n) is 13.8. The van der Waals surface area contributed by atoms with E-state index >= 15 is 0 Å². The topological polar surface area (TPSA) is 89.9 Å². The Morgan fingerprint density at radius 3 is 1.13 bits per heavy atom. The van der Waals surface area contributed by atoms with Gasteiger partial charge < -0.3 is 20.4 Å². The molecular weight excluding hydrogens is 572 g/mol. The third kappa shape index (κ3) is 39.0. The summed E-state index contributed by atoms with van der Waals surface area (Å²) in [6.07, 6.45) is 36.5. The normalized spacial score (nSPS) is 11.8. The van der Waals surface area contributed by atoms with Crippen LogP contribution in [0, 0.1) is 0 Å². The lowest BCUT2D eigenvalue weighted by molar-refractivity contribution is -0.140. The fraction of sp³-hybridized carbons (Fsp3) is 0.950. The molecule has 6 nitrogen and oxygen atoms in total. The quantitative estimate of drug-likeness (QED) is 0.0582. The molecule has 276 valence electrons. The van der Waals surface area contributed by atoms with Crippen LogP contribution in [0.2, 0.25) is 0 Å². The first kappa shape index (κ1) is 47.0. The molecule has 0 aliphatic rings. The van der Waals surface area contributed by atoms with Gasteiger partial charge in [-0.2, -0.15) is 0 Å². The number of carboxylic acid groups (broad SMARTS) is 2. The molecule has 3 N–H and O–H groups in total. The van der Waals surface area contributed by atoms with Crippen LogP contribution < -0.4 is 5.32 Å². The Hall–Kier alpha value is -1.14. The maximum atomic E-state index is 11.1. The Balaban J connectivity index is 0. The average molecular weight is 655 g/mol. The summed E-state index contributed by atoms with van der Waals surface area (Å²) in [6.45, 7) is 13.8. The largest absolute Gasteiger partial charge is 0.481 e. The minimum atomic E-state index is -0.960. The van der Waals surface area contributed by atoms with Crippen molar-refractivity contribution in [2.45, 2.75) is 220 Å². The summed E-state index contributed by atoms with van der Waals surface area (Å²) in [6, 6.07) is -0.743. The first-order valence-corrected chi connectivity index (χ1v) is 20.3. The molecule has 0 heterocycles. The monoisotopic (exact) mass is 655 g/mol. The van der Waals surface area contributed by atoms with E-state index in [-0.39, 0.29) is 12.8 Å². The molecule has 0 fully saturated rings. The summed E-state index contributed by atoms with van der Waals surface area (Å²) in [5.41, 5.74) is 0. The second kappa shape index (κ2) is 40.0. The van der Waals surface area contributed by atoms with Crippen molar-refractivity contribution in [3.63, 3.8) is 0 Å². The summed E-state index contributed by atoms with van der Waals surface area (Å²) < 4.78 is 0. The van der Waals surface area contributed by atoms with E-state index in [0.717, 1.165) is 12.8 Å². The molecule has 0 spiro atoms. The van der Waals surface area contributed by atoms with Gasteiger partial charge in [-0.25, -0.2) is 0 Å². The Kier molecular flexibility index (Phi) is 40.9. The summed E-state index contributed by atoms with van der Waals surface area (Å²) in [7, 11) is 0. The van der Waals surface area contributed by atoms with E-state index in [0.29, 0.717) is 6.54 Å². The molecule has 0 amide bonds. The van der Waals surface area contributed by atoms with Gasteiger partial charge in [-0.05, 0) is 58.3 Å². The molecule has 0 aliphatic carbocycles. The Bertz CT molecular complexity index is 604. The van der Waals surface area contributed by atoms with E-state index in [4.69, 9.17) is 10.2 Å². The van der Waals surface area contributed by atoms with Gasteiger partial charge in [0.05, 0.1) is 0 Å². The van der Waals surface area contributed by atoms with E-state index < -0.39 is 18.0 Å². The third-order valence-electron chi connectivity index (χ3n) is 9.10. The van der Waals surface area contributed by atoms with E-state index in [2.05, 4.69) is 37.9 Å². The number of carbonyl (C=O) groups is 2. The molecule has 0 bridgehead atoms. The second-order valence-corrected chi connectivity index (χ2v) is 13.8. The van der Waals surface area contributed by atoms with Gasteiger partial charge in [-0.15, -0.1) is 0 Å². The zero-order valence-corrected chi connectivity index (χ0v) is 31.6. The van der Waals surface area contributed by atoms with Crippen LogP contribution in [0.3, 0.4) is 0 Å². The van der Waals surface area contributed by atoms with Crippen molar-refractivity contribution in [2.24, 2.45) is 0 Å². The van der Waals surface area contributed by atoms with Gasteiger partial charge in [-0.3, -0.25) is 9.59 Å². The smallest absolute Gasteiger partial charge is 0.320 e. The Morgan fingerprint density at radius 1 is 0.478 bits per heavy atom. The van der Waals surface area contributed by atoms with Crippen LogP contribution in [0.5, 0.6) is 0 Å². The molecule has 6 heteroatoms. The number of nitrogens with zero attached hydrogens (tertiary/aromatic N) is 1. The van der Waals surface area contributed by atoms with Crippen molar-refractivity contribution in [2.75, 3.05) is 26.2 Å². The number of hydrogen-bond donors (Lipinski definition) is 3. The highest BCUT2D eigenvalue weighted by atomic mass is 16.4. The van der Waals surface area contributed by atoms with Gasteiger partial charge in [0.15, 0.2) is 0 Å². The van der Waals surface area contributed by atoms with Crippen molar-refractivity contribution >= 4 is 11.9 Å². The van der Waals surface area contributed by atoms with Crippen LogP contribution >= 0.6 is 0 Å². The predicted octanol–water partition coefficient (Wildman–Crippen LogP) is 11.8. The standard InChI is InChI=1S/C23H45NO4.C17H37N/c1-2-3-4-5-6-7-8-9-10-11-12-13-14-15-16-17-20-24-21(23(27)28)18-19-22(25)26;1-4-7-10-13-16-18(15-12-9-6-3)17-14-11-8-5-2/h21,24H,2-20H2,1H3,(H,25,26)(H,27,28);4-17H2,1-3H3. The number of nitrogens with one attached hydrogen (secondary N) is 1. The molecule has 0 saturated heterocycles. The van der Waals surface area contributed by atoms with Crippen molar-refractivity contribution < 1.29 is 19.8 Å². The third-order valence-corrected chi connectivity index (χ3v) is 9.10. The molecule has 0 rings (SSSR count). The van der Waals surface area contributed by atoms with Crippen LogP contribution in [0.1, 0.15) is 214 Å². The van der Waals surface area contributed by atoms with Crippen molar-refractivity contribution in [1.82, 2.24) is 10.2 Å². The molecule has 1 unspecified atom stereocenters. The molecule has 0 aromatic carbocycles. The number of carboxylic acids is 2. The van der Waals surface area contributed by atoms with Gasteiger partial charge in [0.1, 0.15) is 6.04 Å². The summed E-state index contributed by atoms with van der Waals surface area (Å²) in [5, 5.41) is 20.7. The Morgan fingerprint density at radius 2 is 0.783 bits per heavy atom. The van der Waals surface area contributed by atoms with E-state index in [1.165, 1.54) is 180 Å². The molecule has 0 aromatic rings. The zero-order valence-electron chi connectivity index (χ0n) is 31.6. The van der Waals surface area contributed by atoms with E-state index in [1.54, 1.807) is 0 Å². The predicted molar refractivity (Wildman–Crippen MR) is 200 cm³/mol. The molecule has 0 aromatic heterocycles. The highest BCUT2D eigenvalue weighted by Crippen LogP contribution is 2.14. The van der Waals surface area contributed by atoms with Gasteiger partial charge in [-0.1, -0.05) is 175 Å². The molecule has 46 heavy (non-hydrogen) atoms. The lowest BCUT2D eigenvalue weighted by atomic mass is 10.0. The fourth-order valence-corrected chi connectivity index (χ4v) is 5.98. The van der Waals surface area contributed by atoms with Crippen LogP contribution in [0.25, 0.3) is 0 Å². The van der Waals surface area contributed by atoms with E-state index in [9.17, 15) is 9.59 Å². The SMILES string of the molecule is CCCCCCCCCCCCCCCCCCNC(CCC(=O)O)C(=O)O.CCCCCCN(CCCCC)CCCCCC. The van der Waals surface area contributed by atoms with Crippen LogP contribution in [-0.4, -0.2) is 59.3 Å². The molecule has 0 radical (unpaired) electrons. The molecule has 0 aliphatic heterocycles. The van der Waals surface area contributed by atoms with Crippen LogP contribution in [0.15, 0.2) is 0 Å².